The first-order chi connectivity index (χ1) is 9.97. The van der Waals surface area contributed by atoms with Gasteiger partial charge in [0.25, 0.3) is 0 Å². The van der Waals surface area contributed by atoms with Crippen molar-refractivity contribution < 1.29 is 15.0 Å². The Morgan fingerprint density at radius 1 is 1.24 bits per heavy atom. The van der Waals surface area contributed by atoms with Gasteiger partial charge in [0.1, 0.15) is 5.75 Å². The van der Waals surface area contributed by atoms with Crippen LogP contribution in [0.25, 0.3) is 0 Å². The summed E-state index contributed by atoms with van der Waals surface area (Å²) >= 11 is 0. The topological polar surface area (TPSA) is 69.6 Å². The molecular formula is C17H25NO3. The Morgan fingerprint density at radius 3 is 2.48 bits per heavy atom. The van der Waals surface area contributed by atoms with Gasteiger partial charge < -0.3 is 15.5 Å². The van der Waals surface area contributed by atoms with E-state index in [0.29, 0.717) is 6.42 Å². The molecule has 0 heterocycles. The lowest BCUT2D eigenvalue weighted by Crippen LogP contribution is -2.41. The van der Waals surface area contributed by atoms with Crippen molar-refractivity contribution in [2.45, 2.75) is 63.5 Å². The van der Waals surface area contributed by atoms with E-state index in [1.165, 1.54) is 0 Å². The minimum Gasteiger partial charge on any atom is -0.508 e. The highest BCUT2D eigenvalue weighted by molar-refractivity contribution is 5.77. The van der Waals surface area contributed by atoms with Crippen LogP contribution in [-0.4, -0.2) is 27.8 Å². The van der Waals surface area contributed by atoms with Crippen molar-refractivity contribution in [2.75, 3.05) is 0 Å². The van der Waals surface area contributed by atoms with Gasteiger partial charge in [-0.15, -0.1) is 0 Å². The molecular weight excluding hydrogens is 266 g/mol. The molecule has 1 saturated carbocycles. The van der Waals surface area contributed by atoms with E-state index >= 15 is 0 Å². The zero-order valence-corrected chi connectivity index (χ0v) is 12.6. The van der Waals surface area contributed by atoms with Gasteiger partial charge in [0, 0.05) is 6.04 Å². The van der Waals surface area contributed by atoms with Crippen LogP contribution in [0, 0.1) is 0 Å². The van der Waals surface area contributed by atoms with Crippen molar-refractivity contribution in [3.05, 3.63) is 29.8 Å². The van der Waals surface area contributed by atoms with Crippen LogP contribution in [0.3, 0.4) is 0 Å². The maximum Gasteiger partial charge on any atom is 0.223 e. The summed E-state index contributed by atoms with van der Waals surface area (Å²) in [6.45, 7) is 1.95. The van der Waals surface area contributed by atoms with E-state index in [9.17, 15) is 15.0 Å². The molecule has 21 heavy (non-hydrogen) atoms. The third-order valence-corrected chi connectivity index (χ3v) is 4.16. The number of hydrogen-bond acceptors (Lipinski definition) is 3. The average Bonchev–Trinajstić information content (AvgIpc) is 2.41. The molecule has 4 heteroatoms. The summed E-state index contributed by atoms with van der Waals surface area (Å²) in [7, 11) is 0. The van der Waals surface area contributed by atoms with E-state index in [0.717, 1.165) is 37.7 Å². The Bertz CT molecular complexity index is 463. The molecule has 1 amide bonds. The zero-order valence-electron chi connectivity index (χ0n) is 12.6. The summed E-state index contributed by atoms with van der Waals surface area (Å²) in [5.74, 6) is 0.167. The zero-order chi connectivity index (χ0) is 15.3. The predicted octanol–water partition coefficient (Wildman–Crippen LogP) is 2.52. The highest BCUT2D eigenvalue weighted by Gasteiger charge is 2.31. The van der Waals surface area contributed by atoms with Gasteiger partial charge in [0.05, 0.1) is 12.0 Å². The smallest absolute Gasteiger partial charge is 0.223 e. The van der Waals surface area contributed by atoms with Crippen molar-refractivity contribution >= 4 is 5.91 Å². The fraction of sp³-hybridized carbons (Fsp3) is 0.588. The van der Waals surface area contributed by atoms with E-state index in [1.54, 1.807) is 12.1 Å². The van der Waals surface area contributed by atoms with Crippen molar-refractivity contribution in [3.63, 3.8) is 0 Å². The Labute approximate surface area is 126 Å². The number of nitrogens with one attached hydrogen (secondary N) is 1. The minimum atomic E-state index is -0.805. The lowest BCUT2D eigenvalue weighted by molar-refractivity contribution is -0.128. The molecule has 1 atom stereocenters. The first-order valence-electron chi connectivity index (χ1n) is 7.76. The van der Waals surface area contributed by atoms with Crippen LogP contribution in [0.15, 0.2) is 24.3 Å². The van der Waals surface area contributed by atoms with Crippen LogP contribution in [0.5, 0.6) is 5.75 Å². The maximum atomic E-state index is 12.1. The molecule has 1 unspecified atom stereocenters. The van der Waals surface area contributed by atoms with Crippen LogP contribution < -0.4 is 5.32 Å². The third kappa shape index (κ3) is 5.05. The molecule has 1 aromatic carbocycles. The maximum absolute atomic E-state index is 12.1. The summed E-state index contributed by atoms with van der Waals surface area (Å²) < 4.78 is 0. The molecule has 2 rings (SSSR count). The van der Waals surface area contributed by atoms with E-state index < -0.39 is 5.60 Å². The number of rotatable bonds is 5. The van der Waals surface area contributed by atoms with E-state index in [2.05, 4.69) is 5.32 Å². The fourth-order valence-electron chi connectivity index (χ4n) is 3.05. The second-order valence-electron chi connectivity index (χ2n) is 6.30. The molecule has 0 radical (unpaired) electrons. The van der Waals surface area contributed by atoms with E-state index in [-0.39, 0.29) is 24.1 Å². The number of carbonyl (C=O) groups excluding carboxylic acids is 1. The summed E-state index contributed by atoms with van der Waals surface area (Å²) in [6, 6.07) is 7.01. The molecule has 3 N–H and O–H groups in total. The monoisotopic (exact) mass is 291 g/mol. The number of hydrogen-bond donors (Lipinski definition) is 3. The van der Waals surface area contributed by atoms with Gasteiger partial charge in [-0.2, -0.15) is 0 Å². The number of benzene rings is 1. The molecule has 0 aliphatic heterocycles. The van der Waals surface area contributed by atoms with Gasteiger partial charge in [-0.05, 0) is 43.9 Å². The van der Waals surface area contributed by atoms with Gasteiger partial charge >= 0.3 is 0 Å². The average molecular weight is 291 g/mol. The fourth-order valence-corrected chi connectivity index (χ4v) is 3.05. The third-order valence-electron chi connectivity index (χ3n) is 4.16. The van der Waals surface area contributed by atoms with Crippen LogP contribution in [0.4, 0.5) is 0 Å². The molecule has 1 aliphatic carbocycles. The quantitative estimate of drug-likeness (QED) is 0.781. The van der Waals surface area contributed by atoms with Gasteiger partial charge in [-0.25, -0.2) is 0 Å². The lowest BCUT2D eigenvalue weighted by Gasteiger charge is -2.31. The summed E-state index contributed by atoms with van der Waals surface area (Å²) in [5, 5.41) is 22.6. The van der Waals surface area contributed by atoms with Crippen molar-refractivity contribution in [1.29, 1.82) is 0 Å². The van der Waals surface area contributed by atoms with Gasteiger partial charge in [-0.1, -0.05) is 31.4 Å². The molecule has 0 saturated heterocycles. The molecule has 1 aromatic rings. The van der Waals surface area contributed by atoms with Crippen LogP contribution in [0.2, 0.25) is 0 Å². The van der Waals surface area contributed by atoms with Crippen molar-refractivity contribution in [2.24, 2.45) is 0 Å². The Morgan fingerprint density at radius 2 is 1.86 bits per heavy atom. The Balaban J connectivity index is 1.80. The van der Waals surface area contributed by atoms with Gasteiger partial charge in [0.15, 0.2) is 0 Å². The second kappa shape index (κ2) is 6.94. The molecule has 116 valence electrons. The molecule has 0 aromatic heterocycles. The van der Waals surface area contributed by atoms with Crippen molar-refractivity contribution in [1.82, 2.24) is 5.32 Å². The highest BCUT2D eigenvalue weighted by Crippen LogP contribution is 2.30. The summed E-state index contributed by atoms with van der Waals surface area (Å²) in [5.41, 5.74) is 0.262. The lowest BCUT2D eigenvalue weighted by atomic mass is 9.82. The normalized spacial score (nSPS) is 19.0. The number of phenolic OH excluding ortho intramolecular Hbond substituents is 1. The molecule has 1 fully saturated rings. The van der Waals surface area contributed by atoms with Crippen LogP contribution in [0.1, 0.15) is 51.0 Å². The van der Waals surface area contributed by atoms with Crippen LogP contribution >= 0.6 is 0 Å². The van der Waals surface area contributed by atoms with Crippen LogP contribution in [-0.2, 0) is 11.2 Å². The summed E-state index contributed by atoms with van der Waals surface area (Å²) in [4.78, 5) is 12.1. The molecule has 0 bridgehead atoms. The first-order valence-corrected chi connectivity index (χ1v) is 7.76. The number of aliphatic hydroxyl groups is 1. The number of amides is 1. The summed E-state index contributed by atoms with van der Waals surface area (Å²) in [6.07, 6.45) is 5.54. The number of aromatic hydroxyl groups is 1. The SMILES string of the molecule is CC(Cc1ccc(O)cc1)NC(=O)CC1(O)CCCCC1. The Kier molecular flexibility index (Phi) is 5.23. The number of phenols is 1. The van der Waals surface area contributed by atoms with Crippen molar-refractivity contribution in [3.8, 4) is 5.75 Å². The van der Waals surface area contributed by atoms with E-state index in [1.807, 2.05) is 19.1 Å². The largest absolute Gasteiger partial charge is 0.508 e. The minimum absolute atomic E-state index is 0.00855. The van der Waals surface area contributed by atoms with E-state index in [4.69, 9.17) is 0 Å². The standard InChI is InChI=1S/C17H25NO3/c1-13(11-14-5-7-15(19)8-6-14)18-16(20)12-17(21)9-3-2-4-10-17/h5-8,13,19,21H,2-4,9-12H2,1H3,(H,18,20). The Hall–Kier alpha value is -1.55. The second-order valence-corrected chi connectivity index (χ2v) is 6.30. The van der Waals surface area contributed by atoms with Gasteiger partial charge in [0.2, 0.25) is 5.91 Å². The van der Waals surface area contributed by atoms with Gasteiger partial charge in [-0.3, -0.25) is 4.79 Å². The molecule has 4 nitrogen and oxygen atoms in total. The molecule has 1 aliphatic rings. The molecule has 0 spiro atoms. The first kappa shape index (κ1) is 15.8. The number of carbonyl (C=O) groups is 1. The highest BCUT2D eigenvalue weighted by atomic mass is 16.3. The predicted molar refractivity (Wildman–Crippen MR) is 82.1 cm³/mol.